The van der Waals surface area contributed by atoms with E-state index in [9.17, 15) is 4.79 Å². The molecule has 1 rings (SSSR count). The van der Waals surface area contributed by atoms with Crippen LogP contribution in [0.2, 0.25) is 0 Å². The molecule has 1 heterocycles. The maximum absolute atomic E-state index is 10.5. The maximum atomic E-state index is 10.5. The van der Waals surface area contributed by atoms with Gasteiger partial charge in [0.15, 0.2) is 0 Å². The van der Waals surface area contributed by atoms with Gasteiger partial charge in [-0.1, -0.05) is 0 Å². The van der Waals surface area contributed by atoms with Crippen molar-refractivity contribution in [3.63, 3.8) is 0 Å². The molecule has 3 N–H and O–H groups in total. The van der Waals surface area contributed by atoms with Gasteiger partial charge in [0.1, 0.15) is 0 Å². The zero-order valence-corrected chi connectivity index (χ0v) is 5.33. The monoisotopic (exact) mass is 140 g/mol. The second-order valence-corrected chi connectivity index (χ2v) is 1.86. The van der Waals surface area contributed by atoms with Crippen LogP contribution in [0.5, 0.6) is 0 Å². The molecule has 0 aliphatic carbocycles. The molecule has 54 valence electrons. The second kappa shape index (κ2) is 3.03. The molecule has 1 aromatic rings. The van der Waals surface area contributed by atoms with Crippen molar-refractivity contribution in [2.24, 2.45) is 5.90 Å². The molecule has 0 aliphatic rings. The molecule has 0 aromatic carbocycles. The van der Waals surface area contributed by atoms with Crippen LogP contribution in [-0.2, 0) is 16.1 Å². The lowest BCUT2D eigenvalue weighted by Crippen LogP contribution is -2.12. The fourth-order valence-corrected chi connectivity index (χ4v) is 0.675. The molecule has 0 unspecified atom stereocenters. The van der Waals surface area contributed by atoms with Crippen LogP contribution < -0.4 is 5.90 Å². The van der Waals surface area contributed by atoms with E-state index in [1.54, 1.807) is 18.3 Å². The van der Waals surface area contributed by atoms with Crippen molar-refractivity contribution in [2.75, 3.05) is 0 Å². The number of hydrogen-bond acceptors (Lipinski definition) is 3. The number of aromatic amines is 1. The van der Waals surface area contributed by atoms with Crippen LogP contribution >= 0.6 is 0 Å². The number of aromatic nitrogens is 1. The molecule has 0 spiro atoms. The van der Waals surface area contributed by atoms with Crippen molar-refractivity contribution in [3.8, 4) is 0 Å². The molecule has 4 nitrogen and oxygen atoms in total. The zero-order chi connectivity index (χ0) is 7.40. The standard InChI is InChI=1S/C6H8N2O2/c7-10-6(9)4-5-2-1-3-8-5/h1-3,8H,4,7H2. The fraction of sp³-hybridized carbons (Fsp3) is 0.167. The molecule has 4 heteroatoms. The molecule has 0 fully saturated rings. The number of carbonyl (C=O) groups excluding carboxylic acids is 1. The lowest BCUT2D eigenvalue weighted by atomic mass is 10.3. The Morgan fingerprint density at radius 1 is 1.80 bits per heavy atom. The van der Waals surface area contributed by atoms with Crippen LogP contribution in [0.4, 0.5) is 0 Å². The van der Waals surface area contributed by atoms with Gasteiger partial charge in [0.2, 0.25) is 0 Å². The summed E-state index contributed by atoms with van der Waals surface area (Å²) in [5, 5.41) is 0. The van der Waals surface area contributed by atoms with Crippen LogP contribution in [0, 0.1) is 0 Å². The molecule has 0 radical (unpaired) electrons. The number of H-pyrrole nitrogens is 1. The van der Waals surface area contributed by atoms with Crippen molar-refractivity contribution in [1.29, 1.82) is 0 Å². The molecule has 0 bridgehead atoms. The van der Waals surface area contributed by atoms with E-state index in [4.69, 9.17) is 0 Å². The van der Waals surface area contributed by atoms with Crippen molar-refractivity contribution in [2.45, 2.75) is 6.42 Å². The summed E-state index contributed by atoms with van der Waals surface area (Å²) in [6.45, 7) is 0. The lowest BCUT2D eigenvalue weighted by molar-refractivity contribution is -0.143. The predicted octanol–water partition coefficient (Wildman–Crippen LogP) is -0.0259. The molecule has 0 aliphatic heterocycles. The Hall–Kier alpha value is -1.29. The summed E-state index contributed by atoms with van der Waals surface area (Å²) in [5.41, 5.74) is 0.801. The minimum Gasteiger partial charge on any atom is -0.373 e. The van der Waals surface area contributed by atoms with E-state index in [2.05, 4.69) is 15.7 Å². The first-order chi connectivity index (χ1) is 4.83. The number of nitrogens with two attached hydrogens (primary N) is 1. The molecule has 10 heavy (non-hydrogen) atoms. The SMILES string of the molecule is NOC(=O)Cc1ccc[nH]1. The first-order valence-electron chi connectivity index (χ1n) is 2.85. The quantitative estimate of drug-likeness (QED) is 0.567. The average molecular weight is 140 g/mol. The smallest absolute Gasteiger partial charge is 0.330 e. The third kappa shape index (κ3) is 1.60. The van der Waals surface area contributed by atoms with E-state index < -0.39 is 5.97 Å². The predicted molar refractivity (Wildman–Crippen MR) is 34.8 cm³/mol. The van der Waals surface area contributed by atoms with Crippen LogP contribution in [0.25, 0.3) is 0 Å². The normalized spacial score (nSPS) is 9.30. The van der Waals surface area contributed by atoms with E-state index in [1.165, 1.54) is 0 Å². The molecule has 0 saturated heterocycles. The summed E-state index contributed by atoms with van der Waals surface area (Å²) >= 11 is 0. The van der Waals surface area contributed by atoms with E-state index >= 15 is 0 Å². The Morgan fingerprint density at radius 2 is 2.60 bits per heavy atom. The Kier molecular flexibility index (Phi) is 2.07. The summed E-state index contributed by atoms with van der Waals surface area (Å²) in [6, 6.07) is 3.59. The Balaban J connectivity index is 2.48. The summed E-state index contributed by atoms with van der Waals surface area (Å²) in [5.74, 6) is 4.18. The van der Waals surface area contributed by atoms with Gasteiger partial charge in [-0.2, -0.15) is 5.90 Å². The van der Waals surface area contributed by atoms with Gasteiger partial charge in [-0.3, -0.25) is 0 Å². The minimum absolute atomic E-state index is 0.198. The second-order valence-electron chi connectivity index (χ2n) is 1.86. The Morgan fingerprint density at radius 3 is 3.10 bits per heavy atom. The molecule has 0 saturated carbocycles. The van der Waals surface area contributed by atoms with E-state index in [0.717, 1.165) is 5.69 Å². The number of hydrogen-bond donors (Lipinski definition) is 2. The average Bonchev–Trinajstić information content (AvgIpc) is 2.40. The lowest BCUT2D eigenvalue weighted by Gasteiger charge is -1.93. The summed E-state index contributed by atoms with van der Waals surface area (Å²) < 4.78 is 0. The highest BCUT2D eigenvalue weighted by Gasteiger charge is 2.01. The molecule has 0 amide bonds. The van der Waals surface area contributed by atoms with Crippen molar-refractivity contribution >= 4 is 5.97 Å². The van der Waals surface area contributed by atoms with Crippen LogP contribution in [0.3, 0.4) is 0 Å². The van der Waals surface area contributed by atoms with Crippen molar-refractivity contribution in [3.05, 3.63) is 24.0 Å². The van der Waals surface area contributed by atoms with Gasteiger partial charge in [-0.25, -0.2) is 4.79 Å². The van der Waals surface area contributed by atoms with E-state index in [1.807, 2.05) is 0 Å². The van der Waals surface area contributed by atoms with Crippen LogP contribution in [-0.4, -0.2) is 11.0 Å². The van der Waals surface area contributed by atoms with E-state index in [0.29, 0.717) is 0 Å². The highest BCUT2D eigenvalue weighted by molar-refractivity contribution is 5.71. The van der Waals surface area contributed by atoms with Gasteiger partial charge < -0.3 is 9.82 Å². The summed E-state index contributed by atoms with van der Waals surface area (Å²) in [4.78, 5) is 17.3. The van der Waals surface area contributed by atoms with Crippen LogP contribution in [0.15, 0.2) is 18.3 Å². The number of nitrogens with one attached hydrogen (secondary N) is 1. The van der Waals surface area contributed by atoms with Crippen molar-refractivity contribution in [1.82, 2.24) is 4.98 Å². The topological polar surface area (TPSA) is 68.1 Å². The Bertz CT molecular complexity index is 206. The fourth-order valence-electron chi connectivity index (χ4n) is 0.675. The minimum atomic E-state index is -0.442. The van der Waals surface area contributed by atoms with Gasteiger partial charge in [0.25, 0.3) is 0 Å². The maximum Gasteiger partial charge on any atom is 0.330 e. The summed E-state index contributed by atoms with van der Waals surface area (Å²) in [6.07, 6.45) is 1.93. The van der Waals surface area contributed by atoms with Gasteiger partial charge in [0, 0.05) is 11.9 Å². The van der Waals surface area contributed by atoms with Crippen molar-refractivity contribution < 1.29 is 9.63 Å². The largest absolute Gasteiger partial charge is 0.373 e. The highest BCUT2D eigenvalue weighted by atomic mass is 16.7. The highest BCUT2D eigenvalue weighted by Crippen LogP contribution is 1.95. The van der Waals surface area contributed by atoms with Gasteiger partial charge in [-0.15, -0.1) is 0 Å². The first-order valence-corrected chi connectivity index (χ1v) is 2.85. The summed E-state index contributed by atoms with van der Waals surface area (Å²) in [7, 11) is 0. The first kappa shape index (κ1) is 6.82. The third-order valence-corrected chi connectivity index (χ3v) is 1.13. The third-order valence-electron chi connectivity index (χ3n) is 1.13. The molecule has 0 atom stereocenters. The zero-order valence-electron chi connectivity index (χ0n) is 5.33. The molecular formula is C6H8N2O2. The van der Waals surface area contributed by atoms with Gasteiger partial charge in [-0.05, 0) is 12.1 Å². The number of rotatable bonds is 2. The molecule has 1 aromatic heterocycles. The van der Waals surface area contributed by atoms with E-state index in [-0.39, 0.29) is 6.42 Å². The number of carbonyl (C=O) groups is 1. The van der Waals surface area contributed by atoms with Crippen LogP contribution in [0.1, 0.15) is 5.69 Å². The van der Waals surface area contributed by atoms with Gasteiger partial charge >= 0.3 is 5.97 Å². The van der Waals surface area contributed by atoms with Gasteiger partial charge in [0.05, 0.1) is 6.42 Å². The Labute approximate surface area is 57.9 Å². The molecular weight excluding hydrogens is 132 g/mol.